The van der Waals surface area contributed by atoms with E-state index in [0.717, 1.165) is 16.5 Å². The largest absolute Gasteiger partial charge is 0.294 e. The maximum Gasteiger partial charge on any atom is 0.164 e. The Bertz CT molecular complexity index is 356. The lowest BCUT2D eigenvalue weighted by atomic mass is 10.0. The highest BCUT2D eigenvalue weighted by atomic mass is 79.9. The number of carbonyl (C=O) groups is 1. The Balaban J connectivity index is 2.74. The standard InChI is InChI=1S/C13H17BrO/c1-9(2)4-7-13(15)11-6-5-10(3)8-12(11)14/h5-6,8-9H,4,7H2,1-3H3. The minimum atomic E-state index is 0.232. The van der Waals surface area contributed by atoms with Crippen molar-refractivity contribution in [2.75, 3.05) is 0 Å². The van der Waals surface area contributed by atoms with Gasteiger partial charge in [0.15, 0.2) is 5.78 Å². The number of hydrogen-bond acceptors (Lipinski definition) is 1. The lowest BCUT2D eigenvalue weighted by molar-refractivity contribution is 0.0974. The molecule has 0 aliphatic carbocycles. The molecule has 0 aliphatic rings. The van der Waals surface area contributed by atoms with Gasteiger partial charge in [-0.1, -0.05) is 41.9 Å². The van der Waals surface area contributed by atoms with Crippen LogP contribution in [-0.2, 0) is 0 Å². The molecule has 0 unspecified atom stereocenters. The molecule has 0 atom stereocenters. The molecule has 0 fully saturated rings. The highest BCUT2D eigenvalue weighted by molar-refractivity contribution is 9.10. The molecule has 1 aromatic carbocycles. The first-order valence-corrected chi connectivity index (χ1v) is 6.09. The third-order valence-corrected chi connectivity index (χ3v) is 3.03. The molecule has 1 aromatic rings. The molecule has 82 valence electrons. The van der Waals surface area contributed by atoms with E-state index in [-0.39, 0.29) is 5.78 Å². The number of rotatable bonds is 4. The smallest absolute Gasteiger partial charge is 0.164 e. The van der Waals surface area contributed by atoms with Crippen LogP contribution in [0.4, 0.5) is 0 Å². The molecule has 0 saturated heterocycles. The SMILES string of the molecule is Cc1ccc(C(=O)CCC(C)C)c(Br)c1. The number of hydrogen-bond donors (Lipinski definition) is 0. The van der Waals surface area contributed by atoms with Crippen molar-refractivity contribution in [3.05, 3.63) is 33.8 Å². The highest BCUT2D eigenvalue weighted by Gasteiger charge is 2.10. The van der Waals surface area contributed by atoms with Crippen LogP contribution in [0.15, 0.2) is 22.7 Å². The lowest BCUT2D eigenvalue weighted by Crippen LogP contribution is -2.02. The summed E-state index contributed by atoms with van der Waals surface area (Å²) in [6.07, 6.45) is 1.60. The topological polar surface area (TPSA) is 17.1 Å². The molecule has 1 rings (SSSR count). The third kappa shape index (κ3) is 3.78. The average Bonchev–Trinajstić information content (AvgIpc) is 2.14. The second-order valence-electron chi connectivity index (χ2n) is 4.34. The molecule has 0 amide bonds. The van der Waals surface area contributed by atoms with E-state index in [4.69, 9.17) is 0 Å². The van der Waals surface area contributed by atoms with Gasteiger partial charge in [-0.15, -0.1) is 0 Å². The lowest BCUT2D eigenvalue weighted by Gasteiger charge is -2.06. The number of ketones is 1. The summed E-state index contributed by atoms with van der Waals surface area (Å²) in [5.74, 6) is 0.814. The van der Waals surface area contributed by atoms with Crippen LogP contribution >= 0.6 is 15.9 Å². The van der Waals surface area contributed by atoms with Crippen LogP contribution in [0.25, 0.3) is 0 Å². The van der Waals surface area contributed by atoms with Crippen molar-refractivity contribution in [1.29, 1.82) is 0 Å². The second-order valence-corrected chi connectivity index (χ2v) is 5.19. The Hall–Kier alpha value is -0.630. The van der Waals surface area contributed by atoms with E-state index in [2.05, 4.69) is 29.8 Å². The molecule has 0 radical (unpaired) electrons. The van der Waals surface area contributed by atoms with Crippen molar-refractivity contribution >= 4 is 21.7 Å². The minimum Gasteiger partial charge on any atom is -0.294 e. The molecular weight excluding hydrogens is 252 g/mol. The van der Waals surface area contributed by atoms with Crippen LogP contribution in [-0.4, -0.2) is 5.78 Å². The zero-order valence-corrected chi connectivity index (χ0v) is 11.1. The van der Waals surface area contributed by atoms with Gasteiger partial charge in [-0.05, 0) is 30.9 Å². The van der Waals surface area contributed by atoms with Crippen molar-refractivity contribution in [3.8, 4) is 0 Å². The van der Waals surface area contributed by atoms with Gasteiger partial charge in [0.2, 0.25) is 0 Å². The Labute approximate surface area is 100 Å². The highest BCUT2D eigenvalue weighted by Crippen LogP contribution is 2.21. The minimum absolute atomic E-state index is 0.232. The Morgan fingerprint density at radius 2 is 2.07 bits per heavy atom. The van der Waals surface area contributed by atoms with E-state index in [0.29, 0.717) is 12.3 Å². The quantitative estimate of drug-likeness (QED) is 0.741. The van der Waals surface area contributed by atoms with Crippen LogP contribution in [0.3, 0.4) is 0 Å². The van der Waals surface area contributed by atoms with E-state index < -0.39 is 0 Å². The van der Waals surface area contributed by atoms with Gasteiger partial charge in [0.05, 0.1) is 0 Å². The zero-order valence-electron chi connectivity index (χ0n) is 9.51. The van der Waals surface area contributed by atoms with E-state index >= 15 is 0 Å². The summed E-state index contributed by atoms with van der Waals surface area (Å²) in [5, 5.41) is 0. The van der Waals surface area contributed by atoms with Crippen LogP contribution in [0.2, 0.25) is 0 Å². The number of benzene rings is 1. The summed E-state index contributed by atoms with van der Waals surface area (Å²) in [6.45, 7) is 6.29. The first kappa shape index (κ1) is 12.4. The number of carbonyl (C=O) groups excluding carboxylic acids is 1. The number of Topliss-reactive ketones (excluding diaryl/α,β-unsaturated/α-hetero) is 1. The molecule has 0 N–H and O–H groups in total. The van der Waals surface area contributed by atoms with E-state index in [1.165, 1.54) is 5.56 Å². The third-order valence-electron chi connectivity index (χ3n) is 2.37. The summed E-state index contributed by atoms with van der Waals surface area (Å²) in [4.78, 5) is 11.9. The monoisotopic (exact) mass is 268 g/mol. The van der Waals surface area contributed by atoms with Crippen LogP contribution < -0.4 is 0 Å². The van der Waals surface area contributed by atoms with E-state index in [1.54, 1.807) is 0 Å². The first-order chi connectivity index (χ1) is 7.00. The predicted octanol–water partition coefficient (Wildman–Crippen LogP) is 4.38. The van der Waals surface area contributed by atoms with Crippen molar-refractivity contribution in [3.63, 3.8) is 0 Å². The normalized spacial score (nSPS) is 10.7. The number of halogens is 1. The van der Waals surface area contributed by atoms with Gasteiger partial charge in [-0.25, -0.2) is 0 Å². The van der Waals surface area contributed by atoms with Crippen LogP contribution in [0.5, 0.6) is 0 Å². The van der Waals surface area contributed by atoms with Crippen molar-refractivity contribution in [1.82, 2.24) is 0 Å². The van der Waals surface area contributed by atoms with Gasteiger partial charge < -0.3 is 0 Å². The molecule has 0 saturated carbocycles. The maximum atomic E-state index is 11.9. The van der Waals surface area contributed by atoms with Gasteiger partial charge in [0.25, 0.3) is 0 Å². The summed E-state index contributed by atoms with van der Waals surface area (Å²) in [6, 6.07) is 5.87. The molecule has 15 heavy (non-hydrogen) atoms. The zero-order chi connectivity index (χ0) is 11.4. The van der Waals surface area contributed by atoms with E-state index in [9.17, 15) is 4.79 Å². The summed E-state index contributed by atoms with van der Waals surface area (Å²) < 4.78 is 0.913. The Morgan fingerprint density at radius 1 is 1.40 bits per heavy atom. The van der Waals surface area contributed by atoms with Gasteiger partial charge in [0.1, 0.15) is 0 Å². The van der Waals surface area contributed by atoms with Gasteiger partial charge in [-0.2, -0.15) is 0 Å². The van der Waals surface area contributed by atoms with Crippen molar-refractivity contribution < 1.29 is 4.79 Å². The van der Waals surface area contributed by atoms with Gasteiger partial charge in [-0.3, -0.25) is 4.79 Å². The molecule has 0 aromatic heterocycles. The Kier molecular flexibility index (Phi) is 4.52. The molecule has 0 bridgehead atoms. The first-order valence-electron chi connectivity index (χ1n) is 5.30. The summed E-state index contributed by atoms with van der Waals surface area (Å²) in [5.41, 5.74) is 1.98. The van der Waals surface area contributed by atoms with Crippen LogP contribution in [0.1, 0.15) is 42.6 Å². The van der Waals surface area contributed by atoms with Crippen LogP contribution in [0, 0.1) is 12.8 Å². The molecule has 0 aliphatic heterocycles. The van der Waals surface area contributed by atoms with Gasteiger partial charge >= 0.3 is 0 Å². The molecule has 0 spiro atoms. The maximum absolute atomic E-state index is 11.9. The fourth-order valence-electron chi connectivity index (χ4n) is 1.40. The Morgan fingerprint density at radius 3 is 2.60 bits per heavy atom. The van der Waals surface area contributed by atoms with E-state index in [1.807, 2.05) is 25.1 Å². The second kappa shape index (κ2) is 5.45. The molecule has 1 nitrogen and oxygen atoms in total. The molecule has 2 heteroatoms. The van der Waals surface area contributed by atoms with Crippen molar-refractivity contribution in [2.24, 2.45) is 5.92 Å². The summed E-state index contributed by atoms with van der Waals surface area (Å²) >= 11 is 3.43. The number of aryl methyl sites for hydroxylation is 1. The fourth-order valence-corrected chi connectivity index (χ4v) is 2.12. The summed E-state index contributed by atoms with van der Waals surface area (Å²) in [7, 11) is 0. The van der Waals surface area contributed by atoms with Crippen molar-refractivity contribution in [2.45, 2.75) is 33.6 Å². The molecular formula is C13H17BrO. The fraction of sp³-hybridized carbons (Fsp3) is 0.462. The predicted molar refractivity (Wildman–Crippen MR) is 67.3 cm³/mol. The molecule has 0 heterocycles. The average molecular weight is 269 g/mol. The van der Waals surface area contributed by atoms with Gasteiger partial charge in [0, 0.05) is 16.5 Å².